The van der Waals surface area contributed by atoms with Crippen LogP contribution in [0.3, 0.4) is 0 Å². The molecule has 4 nitrogen and oxygen atoms in total. The van der Waals surface area contributed by atoms with Gasteiger partial charge in [0.25, 0.3) is 0 Å². The van der Waals surface area contributed by atoms with Gasteiger partial charge in [0.15, 0.2) is 5.82 Å². The van der Waals surface area contributed by atoms with Gasteiger partial charge in [0.1, 0.15) is 5.60 Å². The lowest BCUT2D eigenvalue weighted by Gasteiger charge is -2.35. The van der Waals surface area contributed by atoms with Crippen LogP contribution in [0.25, 0.3) is 0 Å². The summed E-state index contributed by atoms with van der Waals surface area (Å²) in [7, 11) is 0. The normalized spacial score (nSPS) is 19.2. The van der Waals surface area contributed by atoms with Crippen LogP contribution in [0.4, 0.5) is 0 Å². The Morgan fingerprint density at radius 1 is 1.24 bits per heavy atom. The fraction of sp³-hybridized carbons (Fsp3) is 0.692. The molecule has 0 aromatic carbocycles. The third-order valence-corrected chi connectivity index (χ3v) is 3.38. The Bertz CT molecular complexity index is 339. The molecule has 0 spiro atoms. The molecule has 0 unspecified atom stereocenters. The van der Waals surface area contributed by atoms with E-state index < -0.39 is 0 Å². The van der Waals surface area contributed by atoms with Crippen molar-refractivity contribution in [1.29, 1.82) is 0 Å². The van der Waals surface area contributed by atoms with Gasteiger partial charge >= 0.3 is 0 Å². The predicted octanol–water partition coefficient (Wildman–Crippen LogP) is 2.16. The van der Waals surface area contributed by atoms with E-state index in [-0.39, 0.29) is 12.2 Å². The Morgan fingerprint density at radius 3 is 2.41 bits per heavy atom. The van der Waals surface area contributed by atoms with Crippen molar-refractivity contribution in [2.45, 2.75) is 51.2 Å². The Balaban J connectivity index is 2.24. The standard InChI is InChI=1S/C13H20N2O2/c1-2-17-13(6-4-3-5-7-13)12-14-8-11(10-16)9-15-12/h8-9,16H,2-7,10H2,1H3. The Labute approximate surface area is 102 Å². The number of hydrogen-bond donors (Lipinski definition) is 1. The number of rotatable bonds is 4. The second-order valence-electron chi connectivity index (χ2n) is 4.56. The van der Waals surface area contributed by atoms with Gasteiger partial charge in [-0.05, 0) is 19.8 Å². The molecule has 1 aromatic rings. The topological polar surface area (TPSA) is 55.2 Å². The van der Waals surface area contributed by atoms with Crippen molar-refractivity contribution in [3.05, 3.63) is 23.8 Å². The largest absolute Gasteiger partial charge is 0.392 e. The number of aromatic nitrogens is 2. The van der Waals surface area contributed by atoms with E-state index in [2.05, 4.69) is 9.97 Å². The van der Waals surface area contributed by atoms with Crippen molar-refractivity contribution in [2.75, 3.05) is 6.61 Å². The first kappa shape index (κ1) is 12.5. The minimum absolute atomic E-state index is 0.0120. The molecule has 0 bridgehead atoms. The van der Waals surface area contributed by atoms with Crippen molar-refractivity contribution < 1.29 is 9.84 Å². The maximum atomic E-state index is 9.00. The van der Waals surface area contributed by atoms with Gasteiger partial charge in [-0.1, -0.05) is 19.3 Å². The second kappa shape index (κ2) is 5.56. The van der Waals surface area contributed by atoms with Crippen molar-refractivity contribution in [3.8, 4) is 0 Å². The lowest BCUT2D eigenvalue weighted by molar-refractivity contribution is -0.0767. The van der Waals surface area contributed by atoms with Crippen molar-refractivity contribution in [2.24, 2.45) is 0 Å². The summed E-state index contributed by atoms with van der Waals surface area (Å²) in [5.41, 5.74) is 0.456. The monoisotopic (exact) mass is 236 g/mol. The molecular formula is C13H20N2O2. The zero-order valence-corrected chi connectivity index (χ0v) is 10.4. The van der Waals surface area contributed by atoms with E-state index in [1.807, 2.05) is 6.92 Å². The fourth-order valence-electron chi connectivity index (χ4n) is 2.50. The molecule has 0 saturated heterocycles. The highest BCUT2D eigenvalue weighted by atomic mass is 16.5. The molecule has 2 rings (SSSR count). The Kier molecular flexibility index (Phi) is 4.07. The molecule has 94 valence electrons. The molecule has 0 amide bonds. The van der Waals surface area contributed by atoms with E-state index in [1.54, 1.807) is 12.4 Å². The Hall–Kier alpha value is -1.00. The van der Waals surface area contributed by atoms with Gasteiger partial charge in [0.2, 0.25) is 0 Å². The molecule has 1 aliphatic carbocycles. The Morgan fingerprint density at radius 2 is 1.88 bits per heavy atom. The average molecular weight is 236 g/mol. The third-order valence-electron chi connectivity index (χ3n) is 3.38. The van der Waals surface area contributed by atoms with E-state index in [9.17, 15) is 0 Å². The zero-order chi connectivity index (χ0) is 12.1. The van der Waals surface area contributed by atoms with Gasteiger partial charge in [0, 0.05) is 24.6 Å². The lowest BCUT2D eigenvalue weighted by Crippen LogP contribution is -2.34. The molecule has 1 saturated carbocycles. The fourth-order valence-corrected chi connectivity index (χ4v) is 2.50. The van der Waals surface area contributed by atoms with Crippen LogP contribution >= 0.6 is 0 Å². The van der Waals surface area contributed by atoms with Crippen LogP contribution in [0.5, 0.6) is 0 Å². The highest BCUT2D eigenvalue weighted by Gasteiger charge is 2.37. The van der Waals surface area contributed by atoms with Gasteiger partial charge in [-0.15, -0.1) is 0 Å². The number of aliphatic hydroxyl groups excluding tert-OH is 1. The molecule has 17 heavy (non-hydrogen) atoms. The molecule has 1 heterocycles. The summed E-state index contributed by atoms with van der Waals surface area (Å²) in [5.74, 6) is 0.774. The lowest BCUT2D eigenvalue weighted by atomic mass is 9.84. The summed E-state index contributed by atoms with van der Waals surface area (Å²) < 4.78 is 5.94. The van der Waals surface area contributed by atoms with E-state index >= 15 is 0 Å². The molecule has 1 aliphatic rings. The summed E-state index contributed by atoms with van der Waals surface area (Å²) in [6.07, 6.45) is 8.99. The van der Waals surface area contributed by atoms with E-state index in [4.69, 9.17) is 9.84 Å². The molecule has 1 fully saturated rings. The van der Waals surface area contributed by atoms with E-state index in [0.717, 1.165) is 24.2 Å². The van der Waals surface area contributed by atoms with Crippen LogP contribution < -0.4 is 0 Å². The highest BCUT2D eigenvalue weighted by Crippen LogP contribution is 2.38. The van der Waals surface area contributed by atoms with Gasteiger partial charge in [-0.25, -0.2) is 9.97 Å². The molecule has 1 aromatic heterocycles. The van der Waals surface area contributed by atoms with E-state index in [1.165, 1.54) is 19.3 Å². The summed E-state index contributed by atoms with van der Waals surface area (Å²) in [5, 5.41) is 9.00. The summed E-state index contributed by atoms with van der Waals surface area (Å²) in [4.78, 5) is 8.74. The first-order valence-corrected chi connectivity index (χ1v) is 6.37. The predicted molar refractivity (Wildman–Crippen MR) is 64.3 cm³/mol. The van der Waals surface area contributed by atoms with Crippen LogP contribution in [0.2, 0.25) is 0 Å². The minimum Gasteiger partial charge on any atom is -0.392 e. The van der Waals surface area contributed by atoms with Crippen LogP contribution in [0, 0.1) is 0 Å². The first-order valence-electron chi connectivity index (χ1n) is 6.37. The summed E-state index contributed by atoms with van der Waals surface area (Å²) in [6, 6.07) is 0. The van der Waals surface area contributed by atoms with Crippen molar-refractivity contribution in [3.63, 3.8) is 0 Å². The molecule has 0 radical (unpaired) electrons. The smallest absolute Gasteiger partial charge is 0.160 e. The molecular weight excluding hydrogens is 216 g/mol. The SMILES string of the molecule is CCOC1(c2ncc(CO)cn2)CCCCC1. The second-order valence-corrected chi connectivity index (χ2v) is 4.56. The molecule has 0 atom stereocenters. The molecule has 0 aliphatic heterocycles. The van der Waals surface area contributed by atoms with Gasteiger partial charge < -0.3 is 9.84 Å². The summed E-state index contributed by atoms with van der Waals surface area (Å²) >= 11 is 0. The minimum atomic E-state index is -0.291. The highest BCUT2D eigenvalue weighted by molar-refractivity contribution is 5.09. The average Bonchev–Trinajstić information content (AvgIpc) is 2.40. The first-order chi connectivity index (χ1) is 8.30. The van der Waals surface area contributed by atoms with Crippen LogP contribution in [0.15, 0.2) is 12.4 Å². The van der Waals surface area contributed by atoms with Crippen LogP contribution in [0.1, 0.15) is 50.4 Å². The zero-order valence-electron chi connectivity index (χ0n) is 10.4. The van der Waals surface area contributed by atoms with Crippen molar-refractivity contribution in [1.82, 2.24) is 9.97 Å². The van der Waals surface area contributed by atoms with Gasteiger partial charge in [-0.2, -0.15) is 0 Å². The maximum absolute atomic E-state index is 9.00. The quantitative estimate of drug-likeness (QED) is 0.870. The number of nitrogens with zero attached hydrogens (tertiary/aromatic N) is 2. The van der Waals surface area contributed by atoms with Gasteiger partial charge in [0.05, 0.1) is 6.61 Å². The third kappa shape index (κ3) is 2.64. The maximum Gasteiger partial charge on any atom is 0.160 e. The number of ether oxygens (including phenoxy) is 1. The summed E-state index contributed by atoms with van der Waals surface area (Å²) in [6.45, 7) is 2.69. The van der Waals surface area contributed by atoms with Crippen molar-refractivity contribution >= 4 is 0 Å². The van der Waals surface area contributed by atoms with Gasteiger partial charge in [-0.3, -0.25) is 0 Å². The van der Waals surface area contributed by atoms with Crippen LogP contribution in [-0.4, -0.2) is 21.7 Å². The van der Waals surface area contributed by atoms with Crippen LogP contribution in [-0.2, 0) is 16.9 Å². The molecule has 1 N–H and O–H groups in total. The number of aliphatic hydroxyl groups is 1. The molecule has 4 heteroatoms. The van der Waals surface area contributed by atoms with E-state index in [0.29, 0.717) is 6.61 Å². The number of hydrogen-bond acceptors (Lipinski definition) is 4.